The highest BCUT2D eigenvalue weighted by Crippen LogP contribution is 2.45. The Hall–Kier alpha value is -3.75. The van der Waals surface area contributed by atoms with Crippen LogP contribution in [0.4, 0.5) is 22.7 Å². The number of methoxy groups -OCH3 is 1. The number of rotatable bonds is 8. The summed E-state index contributed by atoms with van der Waals surface area (Å²) in [5.41, 5.74) is 4.74. The fourth-order valence-corrected chi connectivity index (χ4v) is 3.94. The van der Waals surface area contributed by atoms with Crippen molar-refractivity contribution >= 4 is 34.3 Å². The number of carboxylic acids is 1. The average molecular weight is 438 g/mol. The average Bonchev–Trinajstić information content (AvgIpc) is 2.74. The molecule has 0 spiro atoms. The molecule has 0 atom stereocenters. The van der Waals surface area contributed by atoms with Gasteiger partial charge in [0.2, 0.25) is 0 Å². The molecule has 1 aliphatic heterocycles. The van der Waals surface area contributed by atoms with Crippen molar-refractivity contribution in [2.75, 3.05) is 12.4 Å². The van der Waals surface area contributed by atoms with E-state index in [4.69, 9.17) is 9.84 Å². The first kappa shape index (κ1) is 22.9. The zero-order chi connectivity index (χ0) is 23.5. The van der Waals surface area contributed by atoms with Crippen LogP contribution in [0, 0.1) is 10.1 Å². The molecule has 0 radical (unpaired) electrons. The molecular weight excluding hydrogens is 412 g/mol. The molecule has 2 N–H and O–H groups in total. The Labute approximate surface area is 186 Å². The molecule has 0 fully saturated rings. The van der Waals surface area contributed by atoms with Crippen molar-refractivity contribution in [3.8, 4) is 5.75 Å². The van der Waals surface area contributed by atoms with E-state index >= 15 is 0 Å². The zero-order valence-corrected chi connectivity index (χ0v) is 18.5. The standard InChI is InChI=1S/C23H26N4O5/c1-14-17-12-20(26-25-15-8-10-16(11-9-15)27(30)31)21(32-4)13-19(17)24-23(2,3)18(14)6-5-7-22(28)29/h8-13,24H,5-7H2,1-4H3,(H,28,29)/b26-25+. The fourth-order valence-electron chi connectivity index (χ4n) is 3.94. The third-order valence-electron chi connectivity index (χ3n) is 5.53. The lowest BCUT2D eigenvalue weighted by atomic mass is 9.80. The first-order valence-corrected chi connectivity index (χ1v) is 10.2. The van der Waals surface area contributed by atoms with Gasteiger partial charge in [-0.05, 0) is 63.0 Å². The zero-order valence-electron chi connectivity index (χ0n) is 18.5. The Morgan fingerprint density at radius 3 is 2.50 bits per heavy atom. The largest absolute Gasteiger partial charge is 0.494 e. The maximum Gasteiger partial charge on any atom is 0.303 e. The second kappa shape index (κ2) is 9.17. The van der Waals surface area contributed by atoms with Gasteiger partial charge in [0.1, 0.15) is 11.4 Å². The van der Waals surface area contributed by atoms with Gasteiger partial charge >= 0.3 is 5.97 Å². The minimum Gasteiger partial charge on any atom is -0.494 e. The topological polar surface area (TPSA) is 126 Å². The van der Waals surface area contributed by atoms with Gasteiger partial charge in [0.25, 0.3) is 5.69 Å². The van der Waals surface area contributed by atoms with Crippen molar-refractivity contribution in [2.45, 2.75) is 45.6 Å². The number of non-ortho nitro benzene ring substituents is 1. The number of nitro benzene ring substituents is 1. The number of anilines is 1. The Bertz CT molecular complexity index is 1100. The number of allylic oxidation sites excluding steroid dienone is 1. The van der Waals surface area contributed by atoms with Crippen LogP contribution in [-0.2, 0) is 4.79 Å². The first-order chi connectivity index (χ1) is 15.1. The molecule has 9 nitrogen and oxygen atoms in total. The van der Waals surface area contributed by atoms with E-state index in [0.29, 0.717) is 30.0 Å². The van der Waals surface area contributed by atoms with E-state index in [2.05, 4.69) is 29.4 Å². The third kappa shape index (κ3) is 4.93. The molecule has 2 aromatic carbocycles. The molecule has 0 aliphatic carbocycles. The fraction of sp³-hybridized carbons (Fsp3) is 0.348. The van der Waals surface area contributed by atoms with E-state index in [-0.39, 0.29) is 17.6 Å². The summed E-state index contributed by atoms with van der Waals surface area (Å²) in [6.07, 6.45) is 1.35. The number of nitro groups is 1. The van der Waals surface area contributed by atoms with Crippen LogP contribution in [0.1, 0.15) is 45.6 Å². The molecule has 2 aromatic rings. The van der Waals surface area contributed by atoms with Gasteiger partial charge in [0.05, 0.1) is 23.3 Å². The highest BCUT2D eigenvalue weighted by atomic mass is 16.6. The van der Waals surface area contributed by atoms with Crippen LogP contribution >= 0.6 is 0 Å². The number of hydrogen-bond acceptors (Lipinski definition) is 7. The highest BCUT2D eigenvalue weighted by Gasteiger charge is 2.31. The van der Waals surface area contributed by atoms with Crippen LogP contribution in [0.3, 0.4) is 0 Å². The SMILES string of the molecule is COc1cc2c(cc1/N=N/c1ccc([N+](=O)[O-])cc1)C(C)=C(CCCC(=O)O)C(C)(C)N2. The Morgan fingerprint density at radius 1 is 1.22 bits per heavy atom. The lowest BCUT2D eigenvalue weighted by Crippen LogP contribution is -2.37. The number of ether oxygens (including phenoxy) is 1. The molecule has 3 rings (SSSR count). The number of aliphatic carboxylic acids is 1. The summed E-state index contributed by atoms with van der Waals surface area (Å²) in [6, 6.07) is 9.57. The van der Waals surface area contributed by atoms with E-state index in [1.54, 1.807) is 7.11 Å². The normalized spacial score (nSPS) is 14.8. The predicted octanol–water partition coefficient (Wildman–Crippen LogP) is 6.25. The molecular formula is C23H26N4O5. The summed E-state index contributed by atoms with van der Waals surface area (Å²) in [7, 11) is 1.56. The monoisotopic (exact) mass is 438 g/mol. The van der Waals surface area contributed by atoms with Gasteiger partial charge in [0.15, 0.2) is 0 Å². The predicted molar refractivity (Wildman–Crippen MR) is 122 cm³/mol. The van der Waals surface area contributed by atoms with Crippen LogP contribution in [-0.4, -0.2) is 28.6 Å². The number of azo groups is 1. The number of carbonyl (C=O) groups is 1. The van der Waals surface area contributed by atoms with Gasteiger partial charge in [0, 0.05) is 35.9 Å². The lowest BCUT2D eigenvalue weighted by molar-refractivity contribution is -0.384. The number of nitrogens with one attached hydrogen (secondary N) is 1. The number of hydrogen-bond donors (Lipinski definition) is 2. The van der Waals surface area contributed by atoms with Crippen molar-refractivity contribution in [1.82, 2.24) is 0 Å². The summed E-state index contributed by atoms with van der Waals surface area (Å²) >= 11 is 0. The minimum atomic E-state index is -0.802. The lowest BCUT2D eigenvalue weighted by Gasteiger charge is -2.38. The van der Waals surface area contributed by atoms with Gasteiger partial charge < -0.3 is 15.2 Å². The van der Waals surface area contributed by atoms with E-state index in [1.165, 1.54) is 24.3 Å². The van der Waals surface area contributed by atoms with Crippen LogP contribution < -0.4 is 10.1 Å². The number of nitrogens with zero attached hydrogens (tertiary/aromatic N) is 3. The number of fused-ring (bicyclic) bond motifs is 1. The van der Waals surface area contributed by atoms with Gasteiger partial charge in [-0.2, -0.15) is 5.11 Å². The van der Waals surface area contributed by atoms with Gasteiger partial charge in [-0.3, -0.25) is 14.9 Å². The third-order valence-corrected chi connectivity index (χ3v) is 5.53. The van der Waals surface area contributed by atoms with E-state index in [0.717, 1.165) is 22.4 Å². The molecule has 168 valence electrons. The summed E-state index contributed by atoms with van der Waals surface area (Å²) in [4.78, 5) is 21.3. The molecule has 0 saturated carbocycles. The smallest absolute Gasteiger partial charge is 0.303 e. The van der Waals surface area contributed by atoms with Gasteiger partial charge in [-0.15, -0.1) is 5.11 Å². The van der Waals surface area contributed by atoms with Crippen LogP contribution in [0.25, 0.3) is 5.57 Å². The van der Waals surface area contributed by atoms with Crippen molar-refractivity contribution < 1.29 is 19.6 Å². The molecule has 0 amide bonds. The number of carboxylic acid groups (broad SMARTS) is 1. The van der Waals surface area contributed by atoms with Gasteiger partial charge in [-0.1, -0.05) is 0 Å². The molecule has 1 heterocycles. The molecule has 32 heavy (non-hydrogen) atoms. The summed E-state index contributed by atoms with van der Waals surface area (Å²) < 4.78 is 5.51. The van der Waals surface area contributed by atoms with Crippen LogP contribution in [0.2, 0.25) is 0 Å². The van der Waals surface area contributed by atoms with Crippen LogP contribution in [0.15, 0.2) is 52.2 Å². The molecule has 0 unspecified atom stereocenters. The van der Waals surface area contributed by atoms with Crippen molar-refractivity contribution in [1.29, 1.82) is 0 Å². The molecule has 9 heteroatoms. The quantitative estimate of drug-likeness (QED) is 0.285. The maximum absolute atomic E-state index is 10.9. The highest BCUT2D eigenvalue weighted by molar-refractivity contribution is 5.86. The van der Waals surface area contributed by atoms with Crippen LogP contribution in [0.5, 0.6) is 5.75 Å². The van der Waals surface area contributed by atoms with Crippen molar-refractivity contribution in [3.05, 3.63) is 57.6 Å². The van der Waals surface area contributed by atoms with Gasteiger partial charge in [-0.25, -0.2) is 0 Å². The summed E-state index contributed by atoms with van der Waals surface area (Å²) in [5, 5.41) is 31.8. The number of benzene rings is 2. The van der Waals surface area contributed by atoms with E-state index in [1.807, 2.05) is 19.1 Å². The molecule has 1 aliphatic rings. The minimum absolute atomic E-state index is 0.0137. The van der Waals surface area contributed by atoms with Crippen molar-refractivity contribution in [2.24, 2.45) is 10.2 Å². The Kier molecular flexibility index (Phi) is 6.57. The first-order valence-electron chi connectivity index (χ1n) is 10.2. The second-order valence-electron chi connectivity index (χ2n) is 8.14. The van der Waals surface area contributed by atoms with E-state index in [9.17, 15) is 14.9 Å². The molecule has 0 saturated heterocycles. The Morgan fingerprint density at radius 2 is 1.91 bits per heavy atom. The molecule has 0 bridgehead atoms. The summed E-state index contributed by atoms with van der Waals surface area (Å²) in [5.74, 6) is -0.260. The second-order valence-corrected chi connectivity index (χ2v) is 8.14. The van der Waals surface area contributed by atoms with E-state index < -0.39 is 10.9 Å². The maximum atomic E-state index is 10.9. The molecule has 0 aromatic heterocycles. The summed E-state index contributed by atoms with van der Waals surface area (Å²) in [6.45, 7) is 6.18. The van der Waals surface area contributed by atoms with Crippen molar-refractivity contribution in [3.63, 3.8) is 0 Å². The Balaban J connectivity index is 1.96.